The summed E-state index contributed by atoms with van der Waals surface area (Å²) in [6.45, 7) is 7.75. The molecule has 0 saturated carbocycles. The molecule has 1 aromatic heterocycles. The molecule has 0 bridgehead atoms. The predicted molar refractivity (Wildman–Crippen MR) is 139 cm³/mol. The first-order chi connectivity index (χ1) is 16.1. The Morgan fingerprint density at radius 2 is 1.47 bits per heavy atom. The van der Waals surface area contributed by atoms with Gasteiger partial charge in [-0.05, 0) is 57.0 Å². The number of hydrogen-bond donors (Lipinski definition) is 2. The summed E-state index contributed by atoms with van der Waals surface area (Å²) in [7, 11) is -3.98. The highest BCUT2D eigenvalue weighted by Crippen LogP contribution is 2.44. The molecule has 3 N–H and O–H groups in total. The minimum Gasteiger partial charge on any atom is -0.396 e. The number of sulfone groups is 1. The van der Waals surface area contributed by atoms with Gasteiger partial charge in [0, 0.05) is 11.3 Å². The zero-order valence-electron chi connectivity index (χ0n) is 19.5. The van der Waals surface area contributed by atoms with Crippen molar-refractivity contribution in [3.63, 3.8) is 0 Å². The Kier molecular flexibility index (Phi) is 6.34. The number of carbonyl (C=O) groups is 1. The van der Waals surface area contributed by atoms with Crippen LogP contribution in [-0.2, 0) is 9.84 Å². The zero-order valence-corrected chi connectivity index (χ0v) is 21.1. The van der Waals surface area contributed by atoms with Crippen LogP contribution >= 0.6 is 11.3 Å². The normalized spacial score (nSPS) is 11.4. The number of nitrogens with one attached hydrogen (secondary N) is 1. The largest absolute Gasteiger partial charge is 0.396 e. The number of nitrogen functional groups attached to an aromatic ring is 1. The SMILES string of the molecule is Cc1ccc(Nc2sc(C(=O)c3ccc(C)cc3C)c(N)c2S(=O)(=O)c2ccccc2)c(C)c1. The van der Waals surface area contributed by atoms with E-state index in [1.54, 1.807) is 24.3 Å². The van der Waals surface area contributed by atoms with Crippen molar-refractivity contribution < 1.29 is 13.2 Å². The van der Waals surface area contributed by atoms with Gasteiger partial charge in [-0.15, -0.1) is 11.3 Å². The third-order valence-electron chi connectivity index (χ3n) is 5.68. The number of carbonyl (C=O) groups excluding carboxylic acids is 1. The molecular weight excluding hydrogens is 464 g/mol. The molecule has 3 aromatic carbocycles. The molecule has 174 valence electrons. The number of ketones is 1. The fourth-order valence-corrected chi connectivity index (χ4v) is 6.87. The standard InChI is InChI=1S/C27H26N2O3S2/c1-16-10-12-21(18(3)14-16)24(30)25-23(28)26(34(31,32)20-8-6-5-7-9-20)27(33-25)29-22-13-11-17(2)15-19(22)4/h5-15,29H,28H2,1-4H3. The van der Waals surface area contributed by atoms with Crippen molar-refractivity contribution in [1.82, 2.24) is 0 Å². The molecule has 0 spiro atoms. The smallest absolute Gasteiger partial charge is 0.211 e. The summed E-state index contributed by atoms with van der Waals surface area (Å²) in [5.74, 6) is -0.293. The summed E-state index contributed by atoms with van der Waals surface area (Å²) in [5.41, 5.74) is 11.6. The zero-order chi connectivity index (χ0) is 24.6. The highest BCUT2D eigenvalue weighted by Gasteiger charge is 2.32. The van der Waals surface area contributed by atoms with E-state index in [2.05, 4.69) is 5.32 Å². The summed E-state index contributed by atoms with van der Waals surface area (Å²) in [6.07, 6.45) is 0. The fraction of sp³-hybridized carbons (Fsp3) is 0.148. The first-order valence-corrected chi connectivity index (χ1v) is 13.1. The predicted octanol–water partition coefficient (Wildman–Crippen LogP) is 6.37. The lowest BCUT2D eigenvalue weighted by Gasteiger charge is -2.12. The lowest BCUT2D eigenvalue weighted by Crippen LogP contribution is -2.09. The number of anilines is 3. The van der Waals surface area contributed by atoms with Crippen LogP contribution in [-0.4, -0.2) is 14.2 Å². The van der Waals surface area contributed by atoms with Crippen LogP contribution in [0.4, 0.5) is 16.4 Å². The van der Waals surface area contributed by atoms with Gasteiger partial charge < -0.3 is 11.1 Å². The highest BCUT2D eigenvalue weighted by molar-refractivity contribution is 7.92. The lowest BCUT2D eigenvalue weighted by molar-refractivity contribution is 0.104. The second-order valence-electron chi connectivity index (χ2n) is 8.41. The number of nitrogens with two attached hydrogens (primary N) is 1. The van der Waals surface area contributed by atoms with Crippen molar-refractivity contribution in [2.75, 3.05) is 11.1 Å². The maximum atomic E-state index is 13.7. The molecule has 0 aliphatic heterocycles. The molecule has 0 saturated heterocycles. The van der Waals surface area contributed by atoms with Crippen molar-refractivity contribution in [1.29, 1.82) is 0 Å². The molecule has 0 aliphatic carbocycles. The number of benzene rings is 3. The molecule has 0 fully saturated rings. The Bertz CT molecular complexity index is 1500. The lowest BCUT2D eigenvalue weighted by atomic mass is 10.0. The third-order valence-corrected chi connectivity index (χ3v) is 8.79. The van der Waals surface area contributed by atoms with Crippen LogP contribution in [0, 0.1) is 27.7 Å². The Morgan fingerprint density at radius 1 is 0.853 bits per heavy atom. The first-order valence-electron chi connectivity index (χ1n) is 10.8. The van der Waals surface area contributed by atoms with Crippen LogP contribution < -0.4 is 11.1 Å². The van der Waals surface area contributed by atoms with Crippen molar-refractivity contribution in [3.05, 3.63) is 99.4 Å². The molecule has 7 heteroatoms. The Labute approximate surface area is 204 Å². The summed E-state index contributed by atoms with van der Waals surface area (Å²) in [5, 5.41) is 3.56. The summed E-state index contributed by atoms with van der Waals surface area (Å²) >= 11 is 1.07. The summed E-state index contributed by atoms with van der Waals surface area (Å²) < 4.78 is 27.3. The van der Waals surface area contributed by atoms with E-state index in [-0.39, 0.29) is 26.1 Å². The van der Waals surface area contributed by atoms with Crippen LogP contribution in [0.25, 0.3) is 0 Å². The van der Waals surface area contributed by atoms with E-state index in [0.29, 0.717) is 10.6 Å². The van der Waals surface area contributed by atoms with Crippen LogP contribution in [0.15, 0.2) is 76.5 Å². The average molecular weight is 491 g/mol. The summed E-state index contributed by atoms with van der Waals surface area (Å²) in [6, 6.07) is 19.5. The van der Waals surface area contributed by atoms with Gasteiger partial charge in [0.25, 0.3) is 0 Å². The molecule has 0 atom stereocenters. The molecule has 5 nitrogen and oxygen atoms in total. The molecule has 0 radical (unpaired) electrons. The van der Waals surface area contributed by atoms with E-state index < -0.39 is 9.84 Å². The van der Waals surface area contributed by atoms with Crippen molar-refractivity contribution in [2.24, 2.45) is 0 Å². The van der Waals surface area contributed by atoms with Gasteiger partial charge in [0.1, 0.15) is 14.8 Å². The van der Waals surface area contributed by atoms with Gasteiger partial charge in [0.05, 0.1) is 10.6 Å². The van der Waals surface area contributed by atoms with Crippen molar-refractivity contribution in [3.8, 4) is 0 Å². The second-order valence-corrected chi connectivity index (χ2v) is 11.3. The van der Waals surface area contributed by atoms with E-state index in [1.807, 2.05) is 58.0 Å². The monoisotopic (exact) mass is 490 g/mol. The van der Waals surface area contributed by atoms with E-state index in [9.17, 15) is 13.2 Å². The van der Waals surface area contributed by atoms with Gasteiger partial charge in [0.15, 0.2) is 0 Å². The van der Waals surface area contributed by atoms with Crippen LogP contribution in [0.1, 0.15) is 37.5 Å². The molecule has 4 rings (SSSR count). The molecule has 0 amide bonds. The maximum absolute atomic E-state index is 13.7. The second kappa shape index (κ2) is 9.08. The number of rotatable bonds is 6. The Balaban J connectivity index is 1.91. The van der Waals surface area contributed by atoms with Crippen molar-refractivity contribution >= 4 is 43.3 Å². The van der Waals surface area contributed by atoms with E-state index >= 15 is 0 Å². The van der Waals surface area contributed by atoms with Gasteiger partial charge in [-0.25, -0.2) is 8.42 Å². The van der Waals surface area contributed by atoms with Crippen molar-refractivity contribution in [2.45, 2.75) is 37.5 Å². The molecular formula is C27H26N2O3S2. The minimum absolute atomic E-state index is 0.0360. The van der Waals surface area contributed by atoms with Crippen LogP contribution in [0.3, 0.4) is 0 Å². The Morgan fingerprint density at radius 3 is 2.09 bits per heavy atom. The molecule has 4 aromatic rings. The van der Waals surface area contributed by atoms with Gasteiger partial charge >= 0.3 is 0 Å². The maximum Gasteiger partial charge on any atom is 0.211 e. The highest BCUT2D eigenvalue weighted by atomic mass is 32.2. The van der Waals surface area contributed by atoms with E-state index in [1.165, 1.54) is 12.1 Å². The third kappa shape index (κ3) is 4.36. The van der Waals surface area contributed by atoms with Gasteiger partial charge in [-0.2, -0.15) is 0 Å². The summed E-state index contributed by atoms with van der Waals surface area (Å²) in [4.78, 5) is 13.7. The van der Waals surface area contributed by atoms with Gasteiger partial charge in [0.2, 0.25) is 15.6 Å². The quantitative estimate of drug-likeness (QED) is 0.307. The minimum atomic E-state index is -3.98. The van der Waals surface area contributed by atoms with E-state index in [0.717, 1.165) is 39.3 Å². The molecule has 0 unspecified atom stereocenters. The average Bonchev–Trinajstić information content (AvgIpc) is 3.12. The molecule has 1 heterocycles. The van der Waals surface area contributed by atoms with Gasteiger partial charge in [-0.1, -0.05) is 59.7 Å². The van der Waals surface area contributed by atoms with Crippen LogP contribution in [0.2, 0.25) is 0 Å². The number of aryl methyl sites for hydroxylation is 4. The molecule has 34 heavy (non-hydrogen) atoms. The van der Waals surface area contributed by atoms with E-state index in [4.69, 9.17) is 5.73 Å². The van der Waals surface area contributed by atoms with Gasteiger partial charge in [-0.3, -0.25) is 4.79 Å². The fourth-order valence-electron chi connectivity index (χ4n) is 3.93. The number of hydrogen-bond acceptors (Lipinski definition) is 6. The topological polar surface area (TPSA) is 89.3 Å². The Hall–Kier alpha value is -3.42. The van der Waals surface area contributed by atoms with Crippen LogP contribution in [0.5, 0.6) is 0 Å². The first kappa shape index (κ1) is 23.7. The molecule has 0 aliphatic rings. The number of thiophene rings is 1.